The predicted octanol–water partition coefficient (Wildman–Crippen LogP) is 3.33. The monoisotopic (exact) mass is 229 g/mol. The number of fused-ring (bicyclic) bond motifs is 1. The van der Waals surface area contributed by atoms with Crippen molar-refractivity contribution < 1.29 is 0 Å². The molecule has 0 saturated heterocycles. The molecule has 0 saturated carbocycles. The van der Waals surface area contributed by atoms with Crippen LogP contribution in [0.1, 0.15) is 0 Å². The Morgan fingerprint density at radius 1 is 1.31 bits per heavy atom. The first-order valence-electron chi connectivity index (χ1n) is 5.08. The normalized spacial score (nSPS) is 10.8. The zero-order valence-corrected chi connectivity index (χ0v) is 9.64. The van der Waals surface area contributed by atoms with Crippen molar-refractivity contribution in [2.24, 2.45) is 0 Å². The van der Waals surface area contributed by atoms with Crippen molar-refractivity contribution >= 4 is 27.4 Å². The highest BCUT2D eigenvalue weighted by Crippen LogP contribution is 2.30. The maximum Gasteiger partial charge on any atom is 0.182 e. The predicted molar refractivity (Wildman–Crippen MR) is 69.0 cm³/mol. The third kappa shape index (κ3) is 1.39. The van der Waals surface area contributed by atoms with Crippen LogP contribution in [-0.4, -0.2) is 17.0 Å². The van der Waals surface area contributed by atoms with Crippen LogP contribution in [0.4, 0.5) is 5.13 Å². The summed E-state index contributed by atoms with van der Waals surface area (Å²) < 4.78 is 0. The topological polar surface area (TPSA) is 40.7 Å². The Labute approximate surface area is 97.2 Å². The van der Waals surface area contributed by atoms with Gasteiger partial charge in [-0.15, -0.1) is 11.3 Å². The number of anilines is 1. The molecule has 2 aromatic heterocycles. The Bertz CT molecular complexity index is 624. The van der Waals surface area contributed by atoms with Gasteiger partial charge >= 0.3 is 0 Å². The van der Waals surface area contributed by atoms with Crippen molar-refractivity contribution in [2.75, 3.05) is 12.4 Å². The van der Waals surface area contributed by atoms with Crippen molar-refractivity contribution in [1.29, 1.82) is 0 Å². The second-order valence-corrected chi connectivity index (χ2v) is 4.39. The van der Waals surface area contributed by atoms with Gasteiger partial charge in [-0.2, -0.15) is 0 Å². The average Bonchev–Trinajstić information content (AvgIpc) is 2.94. The molecule has 0 aliphatic heterocycles. The number of hydrogen-bond donors (Lipinski definition) is 2. The molecule has 4 heteroatoms. The van der Waals surface area contributed by atoms with Crippen LogP contribution in [-0.2, 0) is 0 Å². The molecule has 2 heterocycles. The van der Waals surface area contributed by atoms with Crippen molar-refractivity contribution in [1.82, 2.24) is 9.97 Å². The van der Waals surface area contributed by atoms with E-state index in [1.54, 1.807) is 11.3 Å². The third-order valence-corrected chi connectivity index (χ3v) is 3.44. The van der Waals surface area contributed by atoms with Gasteiger partial charge in [0.25, 0.3) is 0 Å². The van der Waals surface area contributed by atoms with Gasteiger partial charge in [-0.05, 0) is 6.07 Å². The minimum absolute atomic E-state index is 0.945. The molecule has 1 aromatic carbocycles. The van der Waals surface area contributed by atoms with E-state index in [4.69, 9.17) is 0 Å². The highest BCUT2D eigenvalue weighted by molar-refractivity contribution is 7.14. The molecule has 0 unspecified atom stereocenters. The lowest BCUT2D eigenvalue weighted by atomic mass is 10.1. The van der Waals surface area contributed by atoms with Gasteiger partial charge in [0, 0.05) is 35.1 Å². The SMILES string of the molecule is CNc1nc(-c2c[nH]c3ccccc23)cs1. The van der Waals surface area contributed by atoms with E-state index in [1.165, 1.54) is 5.39 Å². The van der Waals surface area contributed by atoms with Crippen molar-refractivity contribution in [3.63, 3.8) is 0 Å². The number of aromatic amines is 1. The number of H-pyrrole nitrogens is 1. The van der Waals surface area contributed by atoms with Gasteiger partial charge in [-0.3, -0.25) is 0 Å². The second kappa shape index (κ2) is 3.64. The Morgan fingerprint density at radius 2 is 2.19 bits per heavy atom. The molecule has 80 valence electrons. The number of hydrogen-bond acceptors (Lipinski definition) is 3. The van der Waals surface area contributed by atoms with E-state index in [-0.39, 0.29) is 0 Å². The molecule has 3 nitrogen and oxygen atoms in total. The Morgan fingerprint density at radius 3 is 3.00 bits per heavy atom. The molecular formula is C12H11N3S. The van der Waals surface area contributed by atoms with Gasteiger partial charge < -0.3 is 10.3 Å². The highest BCUT2D eigenvalue weighted by atomic mass is 32.1. The lowest BCUT2D eigenvalue weighted by Gasteiger charge is -1.93. The van der Waals surface area contributed by atoms with Crippen molar-refractivity contribution in [3.05, 3.63) is 35.8 Å². The maximum atomic E-state index is 4.51. The number of nitrogens with zero attached hydrogens (tertiary/aromatic N) is 1. The largest absolute Gasteiger partial charge is 0.365 e. The lowest BCUT2D eigenvalue weighted by molar-refractivity contribution is 1.36. The molecular weight excluding hydrogens is 218 g/mol. The molecule has 3 rings (SSSR count). The second-order valence-electron chi connectivity index (χ2n) is 3.54. The van der Waals surface area contributed by atoms with E-state index < -0.39 is 0 Å². The maximum absolute atomic E-state index is 4.51. The summed E-state index contributed by atoms with van der Waals surface area (Å²) in [6.45, 7) is 0. The summed E-state index contributed by atoms with van der Waals surface area (Å²) in [6.07, 6.45) is 2.01. The van der Waals surface area contributed by atoms with E-state index in [9.17, 15) is 0 Å². The summed E-state index contributed by atoms with van der Waals surface area (Å²) in [7, 11) is 1.89. The molecule has 0 bridgehead atoms. The van der Waals surface area contributed by atoms with Crippen LogP contribution >= 0.6 is 11.3 Å². The first-order chi connectivity index (χ1) is 7.88. The molecule has 0 spiro atoms. The van der Waals surface area contributed by atoms with Crippen LogP contribution in [0.15, 0.2) is 35.8 Å². The van der Waals surface area contributed by atoms with Gasteiger partial charge in [-0.25, -0.2) is 4.98 Å². The van der Waals surface area contributed by atoms with E-state index in [0.29, 0.717) is 0 Å². The Balaban J connectivity index is 2.18. The molecule has 0 aliphatic rings. The van der Waals surface area contributed by atoms with E-state index in [1.807, 2.05) is 25.4 Å². The van der Waals surface area contributed by atoms with Crippen molar-refractivity contribution in [2.45, 2.75) is 0 Å². The number of thiazole rings is 1. The standard InChI is InChI=1S/C12H11N3S/c1-13-12-15-11(7-16-12)9-6-14-10-5-3-2-4-8(9)10/h2-7,14H,1H3,(H,13,15). The smallest absolute Gasteiger partial charge is 0.182 e. The quantitative estimate of drug-likeness (QED) is 0.707. The van der Waals surface area contributed by atoms with Crippen LogP contribution in [0.2, 0.25) is 0 Å². The summed E-state index contributed by atoms with van der Waals surface area (Å²) in [5, 5.41) is 7.29. The third-order valence-electron chi connectivity index (χ3n) is 2.58. The van der Waals surface area contributed by atoms with E-state index in [2.05, 4.69) is 32.8 Å². The van der Waals surface area contributed by atoms with Crippen LogP contribution in [0, 0.1) is 0 Å². The fourth-order valence-electron chi connectivity index (χ4n) is 1.80. The van der Waals surface area contributed by atoms with Gasteiger partial charge in [0.15, 0.2) is 5.13 Å². The van der Waals surface area contributed by atoms with Gasteiger partial charge in [0.1, 0.15) is 0 Å². The molecule has 2 N–H and O–H groups in total. The number of rotatable bonds is 2. The van der Waals surface area contributed by atoms with Gasteiger partial charge in [0.05, 0.1) is 5.69 Å². The fraction of sp³-hybridized carbons (Fsp3) is 0.0833. The molecule has 16 heavy (non-hydrogen) atoms. The molecule has 0 radical (unpaired) electrons. The average molecular weight is 229 g/mol. The van der Waals surface area contributed by atoms with Crippen LogP contribution in [0.5, 0.6) is 0 Å². The van der Waals surface area contributed by atoms with Gasteiger partial charge in [-0.1, -0.05) is 18.2 Å². The Kier molecular flexibility index (Phi) is 2.15. The number of nitrogens with one attached hydrogen (secondary N) is 2. The number of para-hydroxylation sites is 1. The highest BCUT2D eigenvalue weighted by Gasteiger charge is 2.08. The van der Waals surface area contributed by atoms with Crippen LogP contribution < -0.4 is 5.32 Å². The molecule has 0 atom stereocenters. The Hall–Kier alpha value is -1.81. The van der Waals surface area contributed by atoms with E-state index in [0.717, 1.165) is 21.9 Å². The van der Waals surface area contributed by atoms with Crippen LogP contribution in [0.25, 0.3) is 22.2 Å². The van der Waals surface area contributed by atoms with E-state index >= 15 is 0 Å². The first-order valence-corrected chi connectivity index (χ1v) is 5.96. The lowest BCUT2D eigenvalue weighted by Crippen LogP contribution is -1.85. The molecule has 0 aliphatic carbocycles. The molecule has 0 amide bonds. The van der Waals surface area contributed by atoms with Crippen LogP contribution in [0.3, 0.4) is 0 Å². The first kappa shape index (κ1) is 9.42. The minimum Gasteiger partial charge on any atom is -0.365 e. The zero-order chi connectivity index (χ0) is 11.0. The number of benzene rings is 1. The summed E-state index contributed by atoms with van der Waals surface area (Å²) >= 11 is 1.62. The minimum atomic E-state index is 0.945. The summed E-state index contributed by atoms with van der Waals surface area (Å²) in [4.78, 5) is 7.77. The fourth-order valence-corrected chi connectivity index (χ4v) is 2.47. The zero-order valence-electron chi connectivity index (χ0n) is 8.82. The molecule has 0 fully saturated rings. The summed E-state index contributed by atoms with van der Waals surface area (Å²) in [5.41, 5.74) is 3.33. The number of aromatic nitrogens is 2. The summed E-state index contributed by atoms with van der Waals surface area (Å²) in [6, 6.07) is 8.26. The van der Waals surface area contributed by atoms with Crippen molar-refractivity contribution in [3.8, 4) is 11.3 Å². The van der Waals surface area contributed by atoms with Gasteiger partial charge in [0.2, 0.25) is 0 Å². The molecule has 3 aromatic rings. The summed E-state index contributed by atoms with van der Waals surface area (Å²) in [5.74, 6) is 0.